The van der Waals surface area contributed by atoms with E-state index in [1.54, 1.807) is 0 Å². The smallest absolute Gasteiger partial charge is 0.255 e. The van der Waals surface area contributed by atoms with Crippen LogP contribution in [0, 0.1) is 6.92 Å². The van der Waals surface area contributed by atoms with Gasteiger partial charge >= 0.3 is 0 Å². The van der Waals surface area contributed by atoms with E-state index in [1.165, 1.54) is 0 Å². The lowest BCUT2D eigenvalue weighted by atomic mass is 10.1. The molecule has 4 aromatic rings. The van der Waals surface area contributed by atoms with Crippen molar-refractivity contribution in [1.29, 1.82) is 0 Å². The Kier molecular flexibility index (Phi) is 3.82. The number of nitrogens with one attached hydrogen (secondary N) is 1. The number of hydrogen-bond acceptors (Lipinski definition) is 2. The van der Waals surface area contributed by atoms with Crippen molar-refractivity contribution in [1.82, 2.24) is 0 Å². The van der Waals surface area contributed by atoms with Crippen LogP contribution in [0.4, 0.5) is 5.69 Å². The molecule has 122 valence electrons. The van der Waals surface area contributed by atoms with Crippen molar-refractivity contribution in [2.45, 2.75) is 6.92 Å². The summed E-state index contributed by atoms with van der Waals surface area (Å²) in [5, 5.41) is 3.99. The van der Waals surface area contributed by atoms with Crippen LogP contribution in [0.1, 0.15) is 15.9 Å². The number of aryl methyl sites for hydroxylation is 1. The van der Waals surface area contributed by atoms with E-state index in [9.17, 15) is 4.79 Å². The normalized spacial score (nSPS) is 10.8. The number of hydrogen-bond donors (Lipinski definition) is 1. The lowest BCUT2D eigenvalue weighted by Crippen LogP contribution is -2.11. The van der Waals surface area contributed by atoms with Crippen LogP contribution in [0.2, 0.25) is 0 Å². The molecule has 0 atom stereocenters. The van der Waals surface area contributed by atoms with Crippen molar-refractivity contribution >= 4 is 22.6 Å². The summed E-state index contributed by atoms with van der Waals surface area (Å²) in [6, 6.07) is 25.1. The highest BCUT2D eigenvalue weighted by Gasteiger charge is 2.08. The second-order valence-electron chi connectivity index (χ2n) is 6.05. The predicted octanol–water partition coefficient (Wildman–Crippen LogP) is 5.66. The number of para-hydroxylation sites is 1. The van der Waals surface area contributed by atoms with Gasteiger partial charge in [0.1, 0.15) is 11.3 Å². The fraction of sp³-hybridized carbons (Fsp3) is 0.0455. The van der Waals surface area contributed by atoms with E-state index >= 15 is 0 Å². The lowest BCUT2D eigenvalue weighted by Gasteiger charge is -2.06. The van der Waals surface area contributed by atoms with Crippen LogP contribution in [0.5, 0.6) is 0 Å². The number of furan rings is 1. The van der Waals surface area contributed by atoms with Gasteiger partial charge in [-0.15, -0.1) is 0 Å². The number of carbonyl (C=O) groups is 1. The van der Waals surface area contributed by atoms with Gasteiger partial charge in [0.25, 0.3) is 5.91 Å². The molecule has 1 N–H and O–H groups in total. The van der Waals surface area contributed by atoms with Gasteiger partial charge in [0.2, 0.25) is 0 Å². The Hall–Kier alpha value is -3.33. The highest BCUT2D eigenvalue weighted by molar-refractivity contribution is 6.04. The van der Waals surface area contributed by atoms with Crippen LogP contribution >= 0.6 is 0 Å². The molecule has 1 heterocycles. The number of amides is 1. The molecule has 0 bridgehead atoms. The molecule has 0 fully saturated rings. The van der Waals surface area contributed by atoms with Gasteiger partial charge in [0.15, 0.2) is 0 Å². The van der Waals surface area contributed by atoms with Gasteiger partial charge in [-0.3, -0.25) is 4.79 Å². The Morgan fingerprint density at radius 2 is 1.60 bits per heavy atom. The van der Waals surface area contributed by atoms with Gasteiger partial charge in [0, 0.05) is 22.2 Å². The van der Waals surface area contributed by atoms with E-state index in [0.29, 0.717) is 5.56 Å². The van der Waals surface area contributed by atoms with Crippen molar-refractivity contribution in [3.63, 3.8) is 0 Å². The fourth-order valence-corrected chi connectivity index (χ4v) is 2.75. The van der Waals surface area contributed by atoms with Crippen molar-refractivity contribution in [3.8, 4) is 11.3 Å². The summed E-state index contributed by atoms with van der Waals surface area (Å²) in [7, 11) is 0. The predicted molar refractivity (Wildman–Crippen MR) is 101 cm³/mol. The number of anilines is 1. The van der Waals surface area contributed by atoms with Crippen molar-refractivity contribution in [2.75, 3.05) is 5.32 Å². The van der Waals surface area contributed by atoms with Crippen molar-refractivity contribution in [3.05, 3.63) is 90.0 Å². The Morgan fingerprint density at radius 1 is 0.880 bits per heavy atom. The van der Waals surface area contributed by atoms with Crippen LogP contribution in [0.3, 0.4) is 0 Å². The highest BCUT2D eigenvalue weighted by atomic mass is 16.3. The standard InChI is InChI=1S/C22H17NO2/c1-15-6-8-17(9-7-15)22(24)23-19-12-10-16(11-13-19)21-14-18-4-2-3-5-20(18)25-21/h2-14H,1H3,(H,23,24). The average Bonchev–Trinajstić information content (AvgIpc) is 3.07. The molecule has 0 saturated carbocycles. The van der Waals surface area contributed by atoms with Gasteiger partial charge in [0.05, 0.1) is 0 Å². The topological polar surface area (TPSA) is 42.2 Å². The first-order valence-electron chi connectivity index (χ1n) is 8.16. The minimum atomic E-state index is -0.114. The molecular formula is C22H17NO2. The largest absolute Gasteiger partial charge is 0.456 e. The van der Waals surface area contributed by atoms with E-state index in [2.05, 4.69) is 5.32 Å². The molecule has 1 aromatic heterocycles. The van der Waals surface area contributed by atoms with Gasteiger partial charge in [-0.05, 0) is 55.5 Å². The number of benzene rings is 3. The second-order valence-corrected chi connectivity index (χ2v) is 6.05. The number of rotatable bonds is 3. The first-order chi connectivity index (χ1) is 12.2. The van der Waals surface area contributed by atoms with Gasteiger partial charge in [-0.2, -0.15) is 0 Å². The zero-order chi connectivity index (χ0) is 17.2. The summed E-state index contributed by atoms with van der Waals surface area (Å²) >= 11 is 0. The molecule has 0 unspecified atom stereocenters. The molecule has 0 aliphatic heterocycles. The van der Waals surface area contributed by atoms with Crippen LogP contribution < -0.4 is 5.32 Å². The zero-order valence-electron chi connectivity index (χ0n) is 13.8. The minimum absolute atomic E-state index is 0.114. The van der Waals surface area contributed by atoms with Crippen LogP contribution in [0.15, 0.2) is 83.3 Å². The van der Waals surface area contributed by atoms with E-state index in [1.807, 2.05) is 85.8 Å². The summed E-state index contributed by atoms with van der Waals surface area (Å²) in [6.07, 6.45) is 0. The second kappa shape index (κ2) is 6.29. The fourth-order valence-electron chi connectivity index (χ4n) is 2.75. The zero-order valence-corrected chi connectivity index (χ0v) is 13.8. The van der Waals surface area contributed by atoms with Gasteiger partial charge < -0.3 is 9.73 Å². The Balaban J connectivity index is 1.53. The Labute approximate surface area is 145 Å². The molecule has 0 spiro atoms. The third kappa shape index (κ3) is 3.17. The lowest BCUT2D eigenvalue weighted by molar-refractivity contribution is 0.102. The molecule has 3 nitrogen and oxygen atoms in total. The quantitative estimate of drug-likeness (QED) is 0.527. The number of fused-ring (bicyclic) bond motifs is 1. The first kappa shape index (κ1) is 15.2. The Bertz CT molecular complexity index is 995. The SMILES string of the molecule is Cc1ccc(C(=O)Nc2ccc(-c3cc4ccccc4o3)cc2)cc1. The molecule has 3 heteroatoms. The van der Waals surface area contributed by atoms with Crippen LogP contribution in [0.25, 0.3) is 22.3 Å². The molecule has 4 rings (SSSR count). The highest BCUT2D eigenvalue weighted by Crippen LogP contribution is 2.28. The van der Waals surface area contributed by atoms with E-state index in [0.717, 1.165) is 33.5 Å². The van der Waals surface area contributed by atoms with E-state index in [4.69, 9.17) is 4.42 Å². The number of carbonyl (C=O) groups excluding carboxylic acids is 1. The summed E-state index contributed by atoms with van der Waals surface area (Å²) in [6.45, 7) is 2.00. The van der Waals surface area contributed by atoms with Crippen LogP contribution in [-0.4, -0.2) is 5.91 Å². The summed E-state index contributed by atoms with van der Waals surface area (Å²) in [5.74, 6) is 0.703. The summed E-state index contributed by atoms with van der Waals surface area (Å²) in [5.41, 5.74) is 4.38. The average molecular weight is 327 g/mol. The van der Waals surface area contributed by atoms with Gasteiger partial charge in [-0.25, -0.2) is 0 Å². The minimum Gasteiger partial charge on any atom is -0.456 e. The summed E-state index contributed by atoms with van der Waals surface area (Å²) < 4.78 is 5.87. The van der Waals surface area contributed by atoms with Crippen molar-refractivity contribution in [2.24, 2.45) is 0 Å². The van der Waals surface area contributed by atoms with Crippen LogP contribution in [-0.2, 0) is 0 Å². The molecule has 3 aromatic carbocycles. The maximum Gasteiger partial charge on any atom is 0.255 e. The molecule has 25 heavy (non-hydrogen) atoms. The van der Waals surface area contributed by atoms with E-state index < -0.39 is 0 Å². The first-order valence-corrected chi connectivity index (χ1v) is 8.16. The molecule has 0 radical (unpaired) electrons. The van der Waals surface area contributed by atoms with Crippen molar-refractivity contribution < 1.29 is 9.21 Å². The molecule has 0 aliphatic rings. The maximum atomic E-state index is 12.3. The maximum absolute atomic E-state index is 12.3. The molecule has 0 aliphatic carbocycles. The molecular weight excluding hydrogens is 310 g/mol. The monoisotopic (exact) mass is 327 g/mol. The molecule has 1 amide bonds. The van der Waals surface area contributed by atoms with E-state index in [-0.39, 0.29) is 5.91 Å². The third-order valence-electron chi connectivity index (χ3n) is 4.17. The summed E-state index contributed by atoms with van der Waals surface area (Å²) in [4.78, 5) is 12.3. The molecule has 0 saturated heterocycles. The Morgan fingerprint density at radius 3 is 2.32 bits per heavy atom. The third-order valence-corrected chi connectivity index (χ3v) is 4.17. The van der Waals surface area contributed by atoms with Gasteiger partial charge in [-0.1, -0.05) is 35.9 Å².